The van der Waals surface area contributed by atoms with Crippen molar-refractivity contribution in [3.63, 3.8) is 0 Å². The van der Waals surface area contributed by atoms with Gasteiger partial charge in [-0.05, 0) is 30.8 Å². The molecule has 1 aromatic heterocycles. The van der Waals surface area contributed by atoms with Gasteiger partial charge < -0.3 is 10.8 Å². The number of rotatable bonds is 4. The Bertz CT molecular complexity index is 519. The summed E-state index contributed by atoms with van der Waals surface area (Å²) in [5, 5.41) is 16.6. The largest absolute Gasteiger partial charge is 0.478 e. The molecule has 1 aromatic carbocycles. The highest BCUT2D eigenvalue weighted by molar-refractivity contribution is 5.87. The van der Waals surface area contributed by atoms with Gasteiger partial charge in [0.15, 0.2) is 0 Å². The zero-order valence-corrected chi connectivity index (χ0v) is 9.08. The number of nitrogens with two attached hydrogens (primary N) is 1. The SMILES string of the molecule is NCCc1cnnn1-c1ccc(C(=O)O)cc1. The third-order valence-corrected chi connectivity index (χ3v) is 2.38. The lowest BCUT2D eigenvalue weighted by Crippen LogP contribution is -2.09. The summed E-state index contributed by atoms with van der Waals surface area (Å²) in [4.78, 5) is 10.7. The van der Waals surface area contributed by atoms with Gasteiger partial charge in [-0.25, -0.2) is 9.48 Å². The van der Waals surface area contributed by atoms with E-state index in [9.17, 15) is 4.79 Å². The van der Waals surface area contributed by atoms with E-state index in [1.807, 2.05) is 0 Å². The van der Waals surface area contributed by atoms with Crippen LogP contribution in [0.2, 0.25) is 0 Å². The summed E-state index contributed by atoms with van der Waals surface area (Å²) in [5.74, 6) is -0.947. The highest BCUT2D eigenvalue weighted by Gasteiger charge is 2.07. The van der Waals surface area contributed by atoms with E-state index < -0.39 is 5.97 Å². The maximum absolute atomic E-state index is 10.7. The van der Waals surface area contributed by atoms with Crippen molar-refractivity contribution in [2.75, 3.05) is 6.54 Å². The van der Waals surface area contributed by atoms with Crippen molar-refractivity contribution in [3.8, 4) is 5.69 Å². The topological polar surface area (TPSA) is 94.0 Å². The first-order chi connectivity index (χ1) is 8.22. The maximum Gasteiger partial charge on any atom is 0.335 e. The van der Waals surface area contributed by atoms with Crippen LogP contribution in [0.15, 0.2) is 30.5 Å². The molecule has 0 aliphatic rings. The Kier molecular flexibility index (Phi) is 3.15. The molecule has 0 aliphatic heterocycles. The molecule has 3 N–H and O–H groups in total. The normalized spacial score (nSPS) is 10.4. The number of aromatic nitrogens is 3. The Morgan fingerprint density at radius 2 is 2.06 bits per heavy atom. The van der Waals surface area contributed by atoms with Crippen molar-refractivity contribution >= 4 is 5.97 Å². The minimum absolute atomic E-state index is 0.245. The lowest BCUT2D eigenvalue weighted by Gasteiger charge is -2.05. The summed E-state index contributed by atoms with van der Waals surface area (Å²) in [6.07, 6.45) is 2.33. The molecule has 0 atom stereocenters. The highest BCUT2D eigenvalue weighted by atomic mass is 16.4. The predicted octanol–water partition coefficient (Wildman–Crippen LogP) is 0.467. The lowest BCUT2D eigenvalue weighted by atomic mass is 10.2. The van der Waals surface area contributed by atoms with Crippen molar-refractivity contribution in [3.05, 3.63) is 41.7 Å². The Labute approximate surface area is 97.7 Å². The van der Waals surface area contributed by atoms with E-state index in [2.05, 4.69) is 10.3 Å². The van der Waals surface area contributed by atoms with Crippen molar-refractivity contribution in [2.24, 2.45) is 5.73 Å². The molecule has 0 unspecified atom stereocenters. The third kappa shape index (κ3) is 2.31. The first kappa shape index (κ1) is 11.3. The molecular formula is C11H12N4O2. The molecular weight excluding hydrogens is 220 g/mol. The standard InChI is InChI=1S/C11H12N4O2/c12-6-5-10-7-13-14-15(10)9-3-1-8(2-4-9)11(16)17/h1-4,7H,5-6,12H2,(H,16,17). The smallest absolute Gasteiger partial charge is 0.335 e. The molecule has 0 fully saturated rings. The maximum atomic E-state index is 10.7. The Balaban J connectivity index is 2.33. The van der Waals surface area contributed by atoms with Gasteiger partial charge in [0.1, 0.15) is 0 Å². The number of carboxylic acid groups (broad SMARTS) is 1. The number of carboxylic acids is 1. The Morgan fingerprint density at radius 3 is 2.65 bits per heavy atom. The van der Waals surface area contributed by atoms with Gasteiger partial charge in [-0.2, -0.15) is 0 Å². The van der Waals surface area contributed by atoms with E-state index in [0.29, 0.717) is 13.0 Å². The number of benzene rings is 1. The van der Waals surface area contributed by atoms with Gasteiger partial charge in [0, 0.05) is 6.42 Å². The number of hydrogen-bond donors (Lipinski definition) is 2. The summed E-state index contributed by atoms with van der Waals surface area (Å²) in [5.41, 5.74) is 7.40. The van der Waals surface area contributed by atoms with Crippen molar-refractivity contribution < 1.29 is 9.90 Å². The predicted molar refractivity (Wildman–Crippen MR) is 61.1 cm³/mol. The van der Waals surface area contributed by atoms with Crippen LogP contribution >= 0.6 is 0 Å². The number of carbonyl (C=O) groups is 1. The molecule has 0 saturated heterocycles. The molecule has 2 rings (SSSR count). The van der Waals surface area contributed by atoms with Crippen molar-refractivity contribution in [1.29, 1.82) is 0 Å². The zero-order chi connectivity index (χ0) is 12.3. The van der Waals surface area contributed by atoms with Crippen molar-refractivity contribution in [1.82, 2.24) is 15.0 Å². The quantitative estimate of drug-likeness (QED) is 0.799. The van der Waals surface area contributed by atoms with Gasteiger partial charge in [-0.15, -0.1) is 5.10 Å². The van der Waals surface area contributed by atoms with E-state index in [4.69, 9.17) is 10.8 Å². The van der Waals surface area contributed by atoms with Crippen LogP contribution in [0.25, 0.3) is 5.69 Å². The van der Waals surface area contributed by atoms with E-state index in [1.54, 1.807) is 23.0 Å². The first-order valence-corrected chi connectivity index (χ1v) is 5.15. The zero-order valence-electron chi connectivity index (χ0n) is 9.08. The van der Waals surface area contributed by atoms with Crippen LogP contribution in [0.5, 0.6) is 0 Å². The molecule has 6 nitrogen and oxygen atoms in total. The number of hydrogen-bond acceptors (Lipinski definition) is 4. The molecule has 0 amide bonds. The highest BCUT2D eigenvalue weighted by Crippen LogP contribution is 2.11. The molecule has 0 bridgehead atoms. The van der Waals surface area contributed by atoms with Gasteiger partial charge in [0.05, 0.1) is 23.1 Å². The lowest BCUT2D eigenvalue weighted by molar-refractivity contribution is 0.0697. The Morgan fingerprint density at radius 1 is 1.35 bits per heavy atom. The second-order valence-corrected chi connectivity index (χ2v) is 3.53. The molecule has 0 spiro atoms. The van der Waals surface area contributed by atoms with E-state index in [0.717, 1.165) is 11.4 Å². The third-order valence-electron chi connectivity index (χ3n) is 2.38. The summed E-state index contributed by atoms with van der Waals surface area (Å²) >= 11 is 0. The minimum atomic E-state index is -0.947. The van der Waals surface area contributed by atoms with Crippen LogP contribution in [0, 0.1) is 0 Å². The Hall–Kier alpha value is -2.21. The molecule has 2 aromatic rings. The van der Waals surface area contributed by atoms with Crippen LogP contribution in [-0.2, 0) is 6.42 Å². The summed E-state index contributed by atoms with van der Waals surface area (Å²) in [6.45, 7) is 0.514. The summed E-state index contributed by atoms with van der Waals surface area (Å²) in [7, 11) is 0. The monoisotopic (exact) mass is 232 g/mol. The van der Waals surface area contributed by atoms with Crippen LogP contribution in [0.1, 0.15) is 16.1 Å². The molecule has 6 heteroatoms. The molecule has 1 heterocycles. The summed E-state index contributed by atoms with van der Waals surface area (Å²) in [6, 6.07) is 6.45. The first-order valence-electron chi connectivity index (χ1n) is 5.15. The average molecular weight is 232 g/mol. The number of aromatic carboxylic acids is 1. The van der Waals surface area contributed by atoms with Gasteiger partial charge in [-0.1, -0.05) is 5.21 Å². The fraction of sp³-hybridized carbons (Fsp3) is 0.182. The fourth-order valence-corrected chi connectivity index (χ4v) is 1.54. The van der Waals surface area contributed by atoms with Gasteiger partial charge in [-0.3, -0.25) is 0 Å². The summed E-state index contributed by atoms with van der Waals surface area (Å²) < 4.78 is 1.65. The van der Waals surface area contributed by atoms with Crippen LogP contribution in [0.4, 0.5) is 0 Å². The number of nitrogens with zero attached hydrogens (tertiary/aromatic N) is 3. The van der Waals surface area contributed by atoms with Crippen molar-refractivity contribution in [2.45, 2.75) is 6.42 Å². The van der Waals surface area contributed by atoms with Gasteiger partial charge >= 0.3 is 5.97 Å². The molecule has 0 aliphatic carbocycles. The van der Waals surface area contributed by atoms with Gasteiger partial charge in [0.2, 0.25) is 0 Å². The van der Waals surface area contributed by atoms with Crippen LogP contribution in [-0.4, -0.2) is 32.6 Å². The van der Waals surface area contributed by atoms with Crippen LogP contribution < -0.4 is 5.73 Å². The second kappa shape index (κ2) is 4.75. The minimum Gasteiger partial charge on any atom is -0.478 e. The van der Waals surface area contributed by atoms with Gasteiger partial charge in [0.25, 0.3) is 0 Å². The molecule has 17 heavy (non-hydrogen) atoms. The molecule has 0 saturated carbocycles. The van der Waals surface area contributed by atoms with E-state index in [-0.39, 0.29) is 5.56 Å². The fourth-order valence-electron chi connectivity index (χ4n) is 1.54. The van der Waals surface area contributed by atoms with E-state index >= 15 is 0 Å². The van der Waals surface area contributed by atoms with E-state index in [1.165, 1.54) is 12.1 Å². The molecule has 0 radical (unpaired) electrons. The van der Waals surface area contributed by atoms with Crippen LogP contribution in [0.3, 0.4) is 0 Å². The molecule has 88 valence electrons. The average Bonchev–Trinajstić information content (AvgIpc) is 2.78. The second-order valence-electron chi connectivity index (χ2n) is 3.53.